The van der Waals surface area contributed by atoms with Crippen LogP contribution in [0, 0.1) is 11.8 Å². The fraction of sp³-hybridized carbons (Fsp3) is 0.385. The molecule has 0 amide bonds. The lowest BCUT2D eigenvalue weighted by atomic mass is 10.1. The Morgan fingerprint density at radius 2 is 2.00 bits per heavy atom. The normalized spacial score (nSPS) is 11.7. The Bertz CT molecular complexity index is 345. The van der Waals surface area contributed by atoms with Gasteiger partial charge in [0.25, 0.3) is 0 Å². The van der Waals surface area contributed by atoms with Crippen LogP contribution in [-0.4, -0.2) is 6.54 Å². The second-order valence-electron chi connectivity index (χ2n) is 3.40. The average Bonchev–Trinajstić information content (AvgIpc) is 2.25. The van der Waals surface area contributed by atoms with E-state index in [4.69, 9.17) is 0 Å². The summed E-state index contributed by atoms with van der Waals surface area (Å²) in [7, 11) is 0. The van der Waals surface area contributed by atoms with Crippen LogP contribution in [0.2, 0.25) is 0 Å². The number of rotatable bonds is 4. The molecule has 0 aliphatic rings. The summed E-state index contributed by atoms with van der Waals surface area (Å²) in [4.78, 5) is 0. The van der Waals surface area contributed by atoms with E-state index in [1.54, 1.807) is 0 Å². The molecule has 0 aliphatic heterocycles. The topological polar surface area (TPSA) is 12.0 Å². The van der Waals surface area contributed by atoms with Gasteiger partial charge in [-0.05, 0) is 31.5 Å². The van der Waals surface area contributed by atoms with Gasteiger partial charge in [0.2, 0.25) is 0 Å². The fourth-order valence-electron chi connectivity index (χ4n) is 1.35. The first-order valence-electron chi connectivity index (χ1n) is 5.12. The molecule has 1 N–H and O–H groups in total. The van der Waals surface area contributed by atoms with Gasteiger partial charge in [0.15, 0.2) is 0 Å². The van der Waals surface area contributed by atoms with Crippen LogP contribution >= 0.6 is 15.9 Å². The van der Waals surface area contributed by atoms with Crippen molar-refractivity contribution in [3.05, 3.63) is 34.3 Å². The monoisotopic (exact) mass is 265 g/mol. The second-order valence-corrected chi connectivity index (χ2v) is 4.32. The summed E-state index contributed by atoms with van der Waals surface area (Å²) in [6.45, 7) is 4.98. The fourth-order valence-corrected chi connectivity index (χ4v) is 1.61. The van der Waals surface area contributed by atoms with E-state index in [-0.39, 0.29) is 0 Å². The van der Waals surface area contributed by atoms with E-state index in [1.165, 1.54) is 5.56 Å². The van der Waals surface area contributed by atoms with E-state index < -0.39 is 0 Å². The number of hydrogen-bond acceptors (Lipinski definition) is 1. The third-order valence-electron chi connectivity index (χ3n) is 2.25. The number of hydrogen-bond donors (Lipinski definition) is 1. The summed E-state index contributed by atoms with van der Waals surface area (Å²) in [5.41, 5.74) is 1.31. The molecule has 0 aliphatic carbocycles. The van der Waals surface area contributed by atoms with Crippen molar-refractivity contribution >= 4 is 15.9 Å². The SMILES string of the molecule is CC#CCCN[C@H](C)c1ccc(Br)cc1. The van der Waals surface area contributed by atoms with Crippen LogP contribution in [0.5, 0.6) is 0 Å². The predicted molar refractivity (Wildman–Crippen MR) is 68.6 cm³/mol. The summed E-state index contributed by atoms with van der Waals surface area (Å²) >= 11 is 3.43. The van der Waals surface area contributed by atoms with Crippen molar-refractivity contribution in [1.29, 1.82) is 0 Å². The van der Waals surface area contributed by atoms with Crippen LogP contribution in [-0.2, 0) is 0 Å². The highest BCUT2D eigenvalue weighted by atomic mass is 79.9. The third-order valence-corrected chi connectivity index (χ3v) is 2.78. The van der Waals surface area contributed by atoms with Gasteiger partial charge in [-0.2, -0.15) is 0 Å². The number of halogens is 1. The van der Waals surface area contributed by atoms with Crippen molar-refractivity contribution in [1.82, 2.24) is 5.32 Å². The quantitative estimate of drug-likeness (QED) is 0.649. The highest BCUT2D eigenvalue weighted by Crippen LogP contribution is 2.16. The van der Waals surface area contributed by atoms with Crippen LogP contribution in [0.4, 0.5) is 0 Å². The highest BCUT2D eigenvalue weighted by molar-refractivity contribution is 9.10. The maximum absolute atomic E-state index is 3.44. The van der Waals surface area contributed by atoms with Gasteiger partial charge in [-0.15, -0.1) is 11.8 Å². The Morgan fingerprint density at radius 1 is 1.33 bits per heavy atom. The zero-order valence-electron chi connectivity index (χ0n) is 9.18. The van der Waals surface area contributed by atoms with Crippen LogP contribution < -0.4 is 5.32 Å². The molecule has 80 valence electrons. The lowest BCUT2D eigenvalue weighted by Crippen LogP contribution is -2.19. The Hall–Kier alpha value is -0.780. The van der Waals surface area contributed by atoms with Gasteiger partial charge >= 0.3 is 0 Å². The highest BCUT2D eigenvalue weighted by Gasteiger charge is 2.02. The molecular formula is C13H16BrN. The molecule has 0 radical (unpaired) electrons. The first-order valence-corrected chi connectivity index (χ1v) is 5.92. The van der Waals surface area contributed by atoms with Gasteiger partial charge < -0.3 is 5.32 Å². The molecule has 15 heavy (non-hydrogen) atoms. The van der Waals surface area contributed by atoms with E-state index in [0.29, 0.717) is 6.04 Å². The van der Waals surface area contributed by atoms with Gasteiger partial charge in [0.05, 0.1) is 0 Å². The Morgan fingerprint density at radius 3 is 2.60 bits per heavy atom. The molecule has 1 aromatic carbocycles. The predicted octanol–water partition coefficient (Wildman–Crippen LogP) is 3.51. The summed E-state index contributed by atoms with van der Waals surface area (Å²) in [6.07, 6.45) is 0.914. The summed E-state index contributed by atoms with van der Waals surface area (Å²) in [6, 6.07) is 8.79. The van der Waals surface area contributed by atoms with Crippen LogP contribution in [0.1, 0.15) is 31.9 Å². The van der Waals surface area contributed by atoms with Gasteiger partial charge in [-0.3, -0.25) is 0 Å². The molecule has 1 aromatic rings. The van der Waals surface area contributed by atoms with E-state index >= 15 is 0 Å². The largest absolute Gasteiger partial charge is 0.309 e. The molecule has 1 atom stereocenters. The zero-order valence-corrected chi connectivity index (χ0v) is 10.8. The summed E-state index contributed by atoms with van der Waals surface area (Å²) in [5, 5.41) is 3.44. The average molecular weight is 266 g/mol. The van der Waals surface area contributed by atoms with Crippen molar-refractivity contribution in [2.45, 2.75) is 26.3 Å². The van der Waals surface area contributed by atoms with E-state index in [2.05, 4.69) is 64.3 Å². The number of benzene rings is 1. The maximum Gasteiger partial charge on any atom is 0.0292 e. The Kier molecular flexibility index (Phi) is 5.45. The molecule has 0 unspecified atom stereocenters. The van der Waals surface area contributed by atoms with Crippen molar-refractivity contribution < 1.29 is 0 Å². The lowest BCUT2D eigenvalue weighted by molar-refractivity contribution is 0.584. The van der Waals surface area contributed by atoms with Crippen molar-refractivity contribution in [3.8, 4) is 11.8 Å². The van der Waals surface area contributed by atoms with E-state index in [1.807, 2.05) is 6.92 Å². The molecule has 1 rings (SSSR count). The molecule has 0 saturated heterocycles. The molecule has 2 heteroatoms. The molecule has 1 nitrogen and oxygen atoms in total. The lowest BCUT2D eigenvalue weighted by Gasteiger charge is -2.13. The number of nitrogens with one attached hydrogen (secondary N) is 1. The van der Waals surface area contributed by atoms with E-state index in [9.17, 15) is 0 Å². The molecular weight excluding hydrogens is 250 g/mol. The summed E-state index contributed by atoms with van der Waals surface area (Å²) < 4.78 is 1.12. The van der Waals surface area contributed by atoms with Gasteiger partial charge in [-0.25, -0.2) is 0 Å². The first kappa shape index (κ1) is 12.3. The molecule has 0 heterocycles. The molecule has 0 saturated carbocycles. The smallest absolute Gasteiger partial charge is 0.0292 e. The minimum atomic E-state index is 0.386. The minimum Gasteiger partial charge on any atom is -0.309 e. The molecule has 0 bridgehead atoms. The van der Waals surface area contributed by atoms with Crippen molar-refractivity contribution in [2.75, 3.05) is 6.54 Å². The zero-order chi connectivity index (χ0) is 11.1. The van der Waals surface area contributed by atoms with Crippen molar-refractivity contribution in [2.24, 2.45) is 0 Å². The minimum absolute atomic E-state index is 0.386. The standard InChI is InChI=1S/C13H16BrN/c1-3-4-5-10-15-11(2)12-6-8-13(14)9-7-12/h6-9,11,15H,5,10H2,1-2H3/t11-/m1/s1. The molecule has 0 spiro atoms. The van der Waals surface area contributed by atoms with Crippen LogP contribution in [0.3, 0.4) is 0 Å². The van der Waals surface area contributed by atoms with Crippen LogP contribution in [0.15, 0.2) is 28.7 Å². The Balaban J connectivity index is 2.41. The first-order chi connectivity index (χ1) is 7.24. The Labute approximate surface area is 100 Å². The molecule has 0 fully saturated rings. The second kappa shape index (κ2) is 6.66. The summed E-state index contributed by atoms with van der Waals surface area (Å²) in [5.74, 6) is 5.94. The van der Waals surface area contributed by atoms with Crippen LogP contribution in [0.25, 0.3) is 0 Å². The third kappa shape index (κ3) is 4.51. The van der Waals surface area contributed by atoms with Gasteiger partial charge in [0.1, 0.15) is 0 Å². The van der Waals surface area contributed by atoms with Crippen molar-refractivity contribution in [3.63, 3.8) is 0 Å². The van der Waals surface area contributed by atoms with E-state index in [0.717, 1.165) is 17.4 Å². The molecule has 0 aromatic heterocycles. The van der Waals surface area contributed by atoms with Gasteiger partial charge in [0, 0.05) is 23.5 Å². The maximum atomic E-state index is 3.44. The van der Waals surface area contributed by atoms with Gasteiger partial charge in [-0.1, -0.05) is 28.1 Å².